The molecule has 156 valence electrons. The molecule has 0 saturated carbocycles. The normalized spacial score (nSPS) is 19.5. The average Bonchev–Trinajstić information content (AvgIpc) is 3.10. The van der Waals surface area contributed by atoms with Crippen LogP contribution in [0.5, 0.6) is 0 Å². The Morgan fingerprint density at radius 2 is 2.23 bits per heavy atom. The Morgan fingerprint density at radius 3 is 3.00 bits per heavy atom. The lowest BCUT2D eigenvalue weighted by Gasteiger charge is -2.30. The molecule has 30 heavy (non-hydrogen) atoms. The molecule has 0 spiro atoms. The molecular weight excluding hydrogens is 386 g/mol. The number of fused-ring (bicyclic) bond motifs is 1. The number of nitrogens with zero attached hydrogens (tertiary/aromatic N) is 3. The molecule has 2 aromatic heterocycles. The Hall–Kier alpha value is -3.30. The third kappa shape index (κ3) is 4.17. The summed E-state index contributed by atoms with van der Waals surface area (Å²) in [5, 5.41) is 14.6. The van der Waals surface area contributed by atoms with Crippen molar-refractivity contribution >= 4 is 22.7 Å². The van der Waals surface area contributed by atoms with Gasteiger partial charge in [-0.2, -0.15) is 0 Å². The zero-order valence-corrected chi connectivity index (χ0v) is 16.6. The van der Waals surface area contributed by atoms with Gasteiger partial charge in [0.05, 0.1) is 32.5 Å². The molecule has 1 atom stereocenters. The van der Waals surface area contributed by atoms with Gasteiger partial charge in [0, 0.05) is 29.8 Å². The topological polar surface area (TPSA) is 120 Å². The van der Waals surface area contributed by atoms with Gasteiger partial charge < -0.3 is 25.0 Å². The first-order valence-corrected chi connectivity index (χ1v) is 9.67. The summed E-state index contributed by atoms with van der Waals surface area (Å²) in [6.45, 7) is 2.57. The number of carbonyl (C=O) groups excluding carboxylic acids is 2. The molecule has 0 unspecified atom stereocenters. The first kappa shape index (κ1) is 20.0. The van der Waals surface area contributed by atoms with E-state index in [4.69, 9.17) is 4.74 Å². The van der Waals surface area contributed by atoms with Crippen molar-refractivity contribution in [3.63, 3.8) is 0 Å². The van der Waals surface area contributed by atoms with E-state index in [-0.39, 0.29) is 31.3 Å². The number of aromatic amines is 1. The van der Waals surface area contributed by atoms with Crippen LogP contribution in [0.3, 0.4) is 0 Å². The smallest absolute Gasteiger partial charge is 0.271 e. The molecule has 1 saturated heterocycles. The quantitative estimate of drug-likeness (QED) is 0.589. The van der Waals surface area contributed by atoms with Crippen LogP contribution in [0.2, 0.25) is 0 Å². The standard InChI is InChI=1S/C21H23N5O4/c1-14-3-2-4-16-15(14)9-17(25-16)20(28)26-7-8-30-13-21(29,12-26)11-24-19(27)18-10-22-5-6-23-18/h2-6,9-10,25,29H,7-8,11-13H2,1H3,(H,24,27)/t21-/m1/s1. The SMILES string of the molecule is Cc1cccc2[nH]c(C(=O)N3CCOC[C@@](O)(CNC(=O)c4cnccn4)C3)cc12. The third-order valence-corrected chi connectivity index (χ3v) is 5.14. The Bertz CT molecular complexity index is 1070. The second-order valence-corrected chi connectivity index (χ2v) is 7.50. The van der Waals surface area contributed by atoms with Crippen LogP contribution >= 0.6 is 0 Å². The van der Waals surface area contributed by atoms with Gasteiger partial charge in [0.15, 0.2) is 0 Å². The first-order chi connectivity index (χ1) is 14.5. The monoisotopic (exact) mass is 409 g/mol. The number of carbonyl (C=O) groups is 2. The van der Waals surface area contributed by atoms with Crippen molar-refractivity contribution in [1.29, 1.82) is 0 Å². The zero-order valence-electron chi connectivity index (χ0n) is 16.6. The number of aliphatic hydroxyl groups is 1. The van der Waals surface area contributed by atoms with Gasteiger partial charge in [0.1, 0.15) is 17.0 Å². The van der Waals surface area contributed by atoms with Crippen LogP contribution in [0.4, 0.5) is 0 Å². The summed E-state index contributed by atoms with van der Waals surface area (Å²) in [6, 6.07) is 7.67. The average molecular weight is 409 g/mol. The summed E-state index contributed by atoms with van der Waals surface area (Å²) in [5.74, 6) is -0.681. The molecule has 2 amide bonds. The Labute approximate surface area is 173 Å². The summed E-state index contributed by atoms with van der Waals surface area (Å²) in [6.07, 6.45) is 4.23. The minimum Gasteiger partial charge on any atom is -0.384 e. The van der Waals surface area contributed by atoms with Crippen molar-refractivity contribution in [2.75, 3.05) is 32.8 Å². The summed E-state index contributed by atoms with van der Waals surface area (Å²) in [7, 11) is 0. The van der Waals surface area contributed by atoms with E-state index in [1.54, 1.807) is 4.90 Å². The van der Waals surface area contributed by atoms with Crippen molar-refractivity contribution in [1.82, 2.24) is 25.2 Å². The largest absolute Gasteiger partial charge is 0.384 e. The molecule has 1 aliphatic rings. The summed E-state index contributed by atoms with van der Waals surface area (Å²) in [4.78, 5) is 37.8. The lowest BCUT2D eigenvalue weighted by molar-refractivity contribution is -0.0324. The van der Waals surface area contributed by atoms with Gasteiger partial charge in [-0.15, -0.1) is 0 Å². The van der Waals surface area contributed by atoms with Crippen LogP contribution < -0.4 is 5.32 Å². The Morgan fingerprint density at radius 1 is 1.37 bits per heavy atom. The molecule has 3 N–H and O–H groups in total. The number of H-pyrrole nitrogens is 1. The fourth-order valence-electron chi connectivity index (χ4n) is 3.54. The van der Waals surface area contributed by atoms with Crippen LogP contribution in [-0.4, -0.2) is 75.2 Å². The van der Waals surface area contributed by atoms with Gasteiger partial charge in [-0.3, -0.25) is 14.6 Å². The van der Waals surface area contributed by atoms with E-state index < -0.39 is 11.5 Å². The highest BCUT2D eigenvalue weighted by Gasteiger charge is 2.35. The number of aromatic nitrogens is 3. The highest BCUT2D eigenvalue weighted by Crippen LogP contribution is 2.21. The lowest BCUT2D eigenvalue weighted by Crippen LogP contribution is -2.53. The van der Waals surface area contributed by atoms with Gasteiger partial charge in [-0.05, 0) is 24.6 Å². The predicted octanol–water partition coefficient (Wildman–Crippen LogP) is 0.900. The van der Waals surface area contributed by atoms with E-state index in [0.717, 1.165) is 16.5 Å². The van der Waals surface area contributed by atoms with Crippen LogP contribution in [0, 0.1) is 6.92 Å². The number of nitrogens with one attached hydrogen (secondary N) is 2. The molecule has 9 nitrogen and oxygen atoms in total. The summed E-state index contributed by atoms with van der Waals surface area (Å²) < 4.78 is 5.51. The molecule has 1 aliphatic heterocycles. The van der Waals surface area contributed by atoms with E-state index in [2.05, 4.69) is 20.3 Å². The summed E-state index contributed by atoms with van der Waals surface area (Å²) in [5.41, 5.74) is 1.14. The zero-order chi connectivity index (χ0) is 21.1. The van der Waals surface area contributed by atoms with E-state index in [1.807, 2.05) is 31.2 Å². The molecule has 0 aliphatic carbocycles. The molecular formula is C21H23N5O4. The Kier molecular flexibility index (Phi) is 5.47. The van der Waals surface area contributed by atoms with Gasteiger partial charge in [0.2, 0.25) is 0 Å². The van der Waals surface area contributed by atoms with Gasteiger partial charge in [0.25, 0.3) is 11.8 Å². The lowest BCUT2D eigenvalue weighted by atomic mass is 10.0. The molecule has 3 aromatic rings. The number of aryl methyl sites for hydroxylation is 1. The second-order valence-electron chi connectivity index (χ2n) is 7.50. The van der Waals surface area contributed by atoms with Crippen LogP contribution in [-0.2, 0) is 4.74 Å². The summed E-state index contributed by atoms with van der Waals surface area (Å²) >= 11 is 0. The molecule has 4 rings (SSSR count). The molecule has 0 radical (unpaired) electrons. The van der Waals surface area contributed by atoms with Crippen molar-refractivity contribution in [3.05, 3.63) is 59.8 Å². The van der Waals surface area contributed by atoms with Crippen molar-refractivity contribution < 1.29 is 19.4 Å². The van der Waals surface area contributed by atoms with Crippen LogP contribution in [0.25, 0.3) is 10.9 Å². The maximum Gasteiger partial charge on any atom is 0.271 e. The predicted molar refractivity (Wildman–Crippen MR) is 109 cm³/mol. The van der Waals surface area contributed by atoms with Crippen molar-refractivity contribution in [2.24, 2.45) is 0 Å². The maximum absolute atomic E-state index is 13.1. The number of hydrogen-bond acceptors (Lipinski definition) is 6. The van der Waals surface area contributed by atoms with E-state index in [0.29, 0.717) is 18.8 Å². The number of hydrogen-bond donors (Lipinski definition) is 3. The molecule has 3 heterocycles. The van der Waals surface area contributed by atoms with Crippen molar-refractivity contribution in [2.45, 2.75) is 12.5 Å². The fourth-order valence-corrected chi connectivity index (χ4v) is 3.54. The molecule has 1 fully saturated rings. The molecule has 1 aromatic carbocycles. The number of β-amino-alcohol motifs (C(OH)–C–C–N with tert-alkyl or cyclic N) is 1. The fraction of sp³-hybridized carbons (Fsp3) is 0.333. The van der Waals surface area contributed by atoms with Gasteiger partial charge in [-0.1, -0.05) is 12.1 Å². The number of rotatable bonds is 4. The Balaban J connectivity index is 1.48. The molecule has 0 bridgehead atoms. The van der Waals surface area contributed by atoms with E-state index in [1.165, 1.54) is 18.6 Å². The number of amides is 2. The molecule has 9 heteroatoms. The first-order valence-electron chi connectivity index (χ1n) is 9.67. The van der Waals surface area contributed by atoms with Gasteiger partial charge >= 0.3 is 0 Å². The van der Waals surface area contributed by atoms with Crippen LogP contribution in [0.15, 0.2) is 42.9 Å². The number of benzene rings is 1. The number of ether oxygens (including phenoxy) is 1. The van der Waals surface area contributed by atoms with Gasteiger partial charge in [-0.25, -0.2) is 4.98 Å². The highest BCUT2D eigenvalue weighted by atomic mass is 16.5. The van der Waals surface area contributed by atoms with Crippen LogP contribution in [0.1, 0.15) is 26.5 Å². The second kappa shape index (κ2) is 8.21. The maximum atomic E-state index is 13.1. The van der Waals surface area contributed by atoms with E-state index in [9.17, 15) is 14.7 Å². The minimum absolute atomic E-state index is 0.00331. The third-order valence-electron chi connectivity index (χ3n) is 5.14. The van der Waals surface area contributed by atoms with E-state index >= 15 is 0 Å². The van der Waals surface area contributed by atoms with Crippen molar-refractivity contribution in [3.8, 4) is 0 Å². The highest BCUT2D eigenvalue weighted by molar-refractivity contribution is 5.99. The minimum atomic E-state index is -1.42.